The standard InChI is InChI=1S/C33H39N5/c1-4-12-31(13-5-1)26-34(18-10-20-35-22-24-37(29-35)27-32-14-6-2-7-15-32)19-11-21-36-23-25-38(30-36)28-33-16-8-3-9-17-33/h1-9,12-17,22-25,29-30H,10-11,18-21,26-28H2/q+2. The third-order valence-electron chi connectivity index (χ3n) is 6.94. The molecule has 5 rings (SSSR count). The summed E-state index contributed by atoms with van der Waals surface area (Å²) in [4.78, 5) is 2.61. The first kappa shape index (κ1) is 25.7. The molecular formula is C33H39N5+2. The second-order valence-corrected chi connectivity index (χ2v) is 10.1. The van der Waals surface area contributed by atoms with E-state index in [2.05, 4.69) is 152 Å². The third kappa shape index (κ3) is 8.02. The Morgan fingerprint density at radius 2 is 0.947 bits per heavy atom. The molecule has 0 saturated carbocycles. The minimum atomic E-state index is 0.915. The summed E-state index contributed by atoms with van der Waals surface area (Å²) in [5.41, 5.74) is 4.05. The van der Waals surface area contributed by atoms with Crippen LogP contribution in [0.15, 0.2) is 128 Å². The Labute approximate surface area is 226 Å². The molecule has 194 valence electrons. The van der Waals surface area contributed by atoms with Crippen molar-refractivity contribution in [2.75, 3.05) is 13.1 Å². The fourth-order valence-electron chi connectivity index (χ4n) is 4.98. The summed E-state index contributed by atoms with van der Waals surface area (Å²) in [6, 6.07) is 32.2. The molecule has 0 unspecified atom stereocenters. The summed E-state index contributed by atoms with van der Waals surface area (Å²) in [5.74, 6) is 0. The highest BCUT2D eigenvalue weighted by atomic mass is 15.1. The predicted molar refractivity (Wildman–Crippen MR) is 151 cm³/mol. The number of imidazole rings is 2. The van der Waals surface area contributed by atoms with E-state index in [0.29, 0.717) is 0 Å². The van der Waals surface area contributed by atoms with Crippen LogP contribution in [-0.2, 0) is 32.7 Å². The van der Waals surface area contributed by atoms with Crippen LogP contribution >= 0.6 is 0 Å². The first-order chi connectivity index (χ1) is 18.8. The van der Waals surface area contributed by atoms with Crippen LogP contribution in [-0.4, -0.2) is 27.1 Å². The average Bonchev–Trinajstić information content (AvgIpc) is 3.59. The molecule has 0 saturated heterocycles. The molecule has 2 aromatic heterocycles. The van der Waals surface area contributed by atoms with E-state index in [1.165, 1.54) is 16.7 Å². The summed E-state index contributed by atoms with van der Waals surface area (Å²) in [6.45, 7) is 7.07. The molecule has 0 spiro atoms. The quantitative estimate of drug-likeness (QED) is 0.196. The van der Waals surface area contributed by atoms with Crippen LogP contribution in [0.5, 0.6) is 0 Å². The molecule has 0 aliphatic rings. The maximum absolute atomic E-state index is 2.61. The fourth-order valence-corrected chi connectivity index (χ4v) is 4.98. The van der Waals surface area contributed by atoms with Gasteiger partial charge >= 0.3 is 0 Å². The second-order valence-electron chi connectivity index (χ2n) is 10.1. The zero-order valence-electron chi connectivity index (χ0n) is 22.2. The largest absolute Gasteiger partial charge is 0.299 e. The first-order valence-electron chi connectivity index (χ1n) is 13.7. The molecule has 0 aliphatic carbocycles. The van der Waals surface area contributed by atoms with Crippen LogP contribution in [0.4, 0.5) is 0 Å². The maximum Gasteiger partial charge on any atom is 0.244 e. The van der Waals surface area contributed by atoms with E-state index in [4.69, 9.17) is 0 Å². The van der Waals surface area contributed by atoms with Crippen molar-refractivity contribution in [3.05, 3.63) is 145 Å². The smallest absolute Gasteiger partial charge is 0.244 e. The highest BCUT2D eigenvalue weighted by Gasteiger charge is 2.11. The fraction of sp³-hybridized carbons (Fsp3) is 0.273. The van der Waals surface area contributed by atoms with Gasteiger partial charge in [0.2, 0.25) is 12.7 Å². The van der Waals surface area contributed by atoms with E-state index in [1.807, 2.05) is 0 Å². The van der Waals surface area contributed by atoms with Gasteiger partial charge < -0.3 is 0 Å². The summed E-state index contributed by atoms with van der Waals surface area (Å²) < 4.78 is 9.15. The Morgan fingerprint density at radius 1 is 0.526 bits per heavy atom. The Balaban J connectivity index is 1.11. The molecule has 0 amide bonds. The molecule has 0 bridgehead atoms. The number of aromatic nitrogens is 4. The normalized spacial score (nSPS) is 11.3. The van der Waals surface area contributed by atoms with Crippen molar-refractivity contribution in [1.82, 2.24) is 14.0 Å². The van der Waals surface area contributed by atoms with Crippen LogP contribution < -0.4 is 9.13 Å². The van der Waals surface area contributed by atoms with Crippen LogP contribution in [0.2, 0.25) is 0 Å². The minimum Gasteiger partial charge on any atom is -0.299 e. The number of rotatable bonds is 14. The Hall–Kier alpha value is -3.96. The lowest BCUT2D eigenvalue weighted by Crippen LogP contribution is -2.32. The van der Waals surface area contributed by atoms with Gasteiger partial charge in [-0.25, -0.2) is 18.3 Å². The Bertz CT molecular complexity index is 1260. The lowest BCUT2D eigenvalue weighted by atomic mass is 10.2. The Kier molecular flexibility index (Phi) is 9.15. The van der Waals surface area contributed by atoms with Crippen LogP contribution in [0.3, 0.4) is 0 Å². The topological polar surface area (TPSA) is 20.9 Å². The van der Waals surface area contributed by atoms with E-state index in [1.54, 1.807) is 0 Å². The average molecular weight is 506 g/mol. The van der Waals surface area contributed by atoms with Gasteiger partial charge in [-0.15, -0.1) is 0 Å². The van der Waals surface area contributed by atoms with Crippen molar-refractivity contribution in [1.29, 1.82) is 0 Å². The summed E-state index contributed by atoms with van der Waals surface area (Å²) >= 11 is 0. The van der Waals surface area contributed by atoms with Crippen molar-refractivity contribution < 1.29 is 9.13 Å². The SMILES string of the molecule is c1ccc(CN(CCCn2cc[n+](Cc3ccccc3)c2)CCCn2cc[n+](Cc3ccccc3)c2)cc1. The Morgan fingerprint density at radius 3 is 1.39 bits per heavy atom. The van der Waals surface area contributed by atoms with E-state index in [-0.39, 0.29) is 0 Å². The molecule has 2 heterocycles. The number of aryl methyl sites for hydroxylation is 2. The molecular weight excluding hydrogens is 466 g/mol. The van der Waals surface area contributed by atoms with Gasteiger partial charge in [-0.3, -0.25) is 4.90 Å². The molecule has 5 heteroatoms. The monoisotopic (exact) mass is 505 g/mol. The lowest BCUT2D eigenvalue weighted by Gasteiger charge is -2.21. The minimum absolute atomic E-state index is 0.915. The number of benzene rings is 3. The molecule has 3 aromatic carbocycles. The van der Waals surface area contributed by atoms with E-state index in [9.17, 15) is 0 Å². The molecule has 5 nitrogen and oxygen atoms in total. The predicted octanol–water partition coefficient (Wildman–Crippen LogP) is 4.94. The molecule has 0 aliphatic heterocycles. The van der Waals surface area contributed by atoms with Crippen molar-refractivity contribution in [3.8, 4) is 0 Å². The van der Waals surface area contributed by atoms with Gasteiger partial charge in [-0.05, 0) is 29.5 Å². The van der Waals surface area contributed by atoms with Gasteiger partial charge in [-0.2, -0.15) is 0 Å². The lowest BCUT2D eigenvalue weighted by molar-refractivity contribution is -0.688. The number of hydrogen-bond acceptors (Lipinski definition) is 1. The van der Waals surface area contributed by atoms with Crippen molar-refractivity contribution in [2.24, 2.45) is 0 Å². The van der Waals surface area contributed by atoms with E-state index < -0.39 is 0 Å². The van der Waals surface area contributed by atoms with Crippen LogP contribution in [0.1, 0.15) is 29.5 Å². The van der Waals surface area contributed by atoms with Crippen LogP contribution in [0.25, 0.3) is 0 Å². The summed E-state index contributed by atoms with van der Waals surface area (Å²) in [7, 11) is 0. The molecule has 5 aromatic rings. The molecule has 38 heavy (non-hydrogen) atoms. The highest BCUT2D eigenvalue weighted by molar-refractivity contribution is 5.15. The zero-order valence-corrected chi connectivity index (χ0v) is 22.2. The number of nitrogens with zero attached hydrogens (tertiary/aromatic N) is 5. The van der Waals surface area contributed by atoms with Crippen molar-refractivity contribution >= 4 is 0 Å². The van der Waals surface area contributed by atoms with Gasteiger partial charge in [0, 0.05) is 19.6 Å². The van der Waals surface area contributed by atoms with Gasteiger partial charge in [0.05, 0.1) is 13.1 Å². The number of hydrogen-bond donors (Lipinski definition) is 0. The second kappa shape index (κ2) is 13.5. The summed E-state index contributed by atoms with van der Waals surface area (Å²) in [5, 5.41) is 0. The van der Waals surface area contributed by atoms with Gasteiger partial charge in [0.1, 0.15) is 37.9 Å². The third-order valence-corrected chi connectivity index (χ3v) is 6.94. The van der Waals surface area contributed by atoms with Gasteiger partial charge in [0.15, 0.2) is 0 Å². The molecule has 0 N–H and O–H groups in total. The van der Waals surface area contributed by atoms with Gasteiger partial charge in [-0.1, -0.05) is 91.0 Å². The van der Waals surface area contributed by atoms with E-state index in [0.717, 1.165) is 58.7 Å². The van der Waals surface area contributed by atoms with Crippen molar-refractivity contribution in [2.45, 2.75) is 45.6 Å². The van der Waals surface area contributed by atoms with Crippen molar-refractivity contribution in [3.63, 3.8) is 0 Å². The highest BCUT2D eigenvalue weighted by Crippen LogP contribution is 2.08. The maximum atomic E-state index is 2.61. The molecule has 0 atom stereocenters. The van der Waals surface area contributed by atoms with Crippen LogP contribution in [0, 0.1) is 0 Å². The summed E-state index contributed by atoms with van der Waals surface area (Å²) in [6.07, 6.45) is 15.5. The van der Waals surface area contributed by atoms with Gasteiger partial charge in [0.25, 0.3) is 0 Å². The molecule has 0 radical (unpaired) electrons. The van der Waals surface area contributed by atoms with E-state index >= 15 is 0 Å². The zero-order chi connectivity index (χ0) is 25.8. The molecule has 0 fully saturated rings. The first-order valence-corrected chi connectivity index (χ1v) is 13.7.